The van der Waals surface area contributed by atoms with Crippen molar-refractivity contribution in [2.75, 3.05) is 13.1 Å². The highest BCUT2D eigenvalue weighted by atomic mass is 16.4. The second kappa shape index (κ2) is 6.89. The molecule has 78 valence electrons. The van der Waals surface area contributed by atoms with E-state index in [9.17, 15) is 4.79 Å². The molecule has 1 unspecified atom stereocenters. The summed E-state index contributed by atoms with van der Waals surface area (Å²) in [7, 11) is 0. The quantitative estimate of drug-likeness (QED) is 0.597. The number of aliphatic carboxylic acids is 1. The van der Waals surface area contributed by atoms with Crippen LogP contribution < -0.4 is 5.32 Å². The van der Waals surface area contributed by atoms with Crippen LogP contribution in [-0.2, 0) is 4.79 Å². The molecule has 0 spiro atoms. The SMILES string of the molecule is CC(C)CCCNCC(C)C(=O)O. The molecule has 0 aromatic carbocycles. The van der Waals surface area contributed by atoms with E-state index >= 15 is 0 Å². The van der Waals surface area contributed by atoms with Crippen LogP contribution in [0, 0.1) is 11.8 Å². The van der Waals surface area contributed by atoms with Crippen LogP contribution in [0.2, 0.25) is 0 Å². The normalized spacial score (nSPS) is 13.2. The average Bonchev–Trinajstić information content (AvgIpc) is 2.02. The van der Waals surface area contributed by atoms with Gasteiger partial charge in [-0.25, -0.2) is 0 Å². The monoisotopic (exact) mass is 187 g/mol. The lowest BCUT2D eigenvalue weighted by Gasteiger charge is -2.08. The number of carboxylic acid groups (broad SMARTS) is 1. The predicted octanol–water partition coefficient (Wildman–Crippen LogP) is 1.73. The molecule has 0 saturated carbocycles. The molecule has 0 aromatic rings. The molecule has 13 heavy (non-hydrogen) atoms. The number of carboxylic acids is 1. The molecule has 0 fully saturated rings. The van der Waals surface area contributed by atoms with Crippen molar-refractivity contribution in [2.24, 2.45) is 11.8 Å². The maximum Gasteiger partial charge on any atom is 0.307 e. The zero-order valence-corrected chi connectivity index (χ0v) is 8.84. The summed E-state index contributed by atoms with van der Waals surface area (Å²) in [6.45, 7) is 7.61. The number of nitrogens with one attached hydrogen (secondary N) is 1. The molecular formula is C10H21NO2. The predicted molar refractivity (Wildman–Crippen MR) is 53.7 cm³/mol. The Hall–Kier alpha value is -0.570. The highest BCUT2D eigenvalue weighted by Gasteiger charge is 2.08. The second-order valence-corrected chi connectivity index (χ2v) is 3.98. The maximum atomic E-state index is 10.4. The molecule has 3 heteroatoms. The minimum Gasteiger partial charge on any atom is -0.481 e. The van der Waals surface area contributed by atoms with Gasteiger partial charge in [-0.05, 0) is 25.3 Å². The first-order valence-electron chi connectivity index (χ1n) is 4.97. The minimum atomic E-state index is -0.726. The zero-order valence-electron chi connectivity index (χ0n) is 8.84. The molecule has 0 aliphatic rings. The van der Waals surface area contributed by atoms with E-state index in [0.717, 1.165) is 18.9 Å². The van der Waals surface area contributed by atoms with E-state index in [4.69, 9.17) is 5.11 Å². The van der Waals surface area contributed by atoms with Gasteiger partial charge in [0.2, 0.25) is 0 Å². The van der Waals surface area contributed by atoms with Crippen molar-refractivity contribution in [3.63, 3.8) is 0 Å². The Bertz CT molecular complexity index is 146. The number of hydrogen-bond acceptors (Lipinski definition) is 2. The Labute approximate surface area is 80.5 Å². The summed E-state index contributed by atoms with van der Waals surface area (Å²) in [6.07, 6.45) is 2.33. The van der Waals surface area contributed by atoms with Crippen molar-refractivity contribution in [1.29, 1.82) is 0 Å². The van der Waals surface area contributed by atoms with Gasteiger partial charge in [-0.1, -0.05) is 20.8 Å². The molecule has 1 atom stereocenters. The van der Waals surface area contributed by atoms with Gasteiger partial charge in [0.25, 0.3) is 0 Å². The molecule has 0 heterocycles. The van der Waals surface area contributed by atoms with E-state index in [0.29, 0.717) is 6.54 Å². The van der Waals surface area contributed by atoms with E-state index in [-0.39, 0.29) is 5.92 Å². The van der Waals surface area contributed by atoms with Gasteiger partial charge >= 0.3 is 5.97 Å². The fraction of sp³-hybridized carbons (Fsp3) is 0.900. The van der Waals surface area contributed by atoms with Crippen LogP contribution in [0.25, 0.3) is 0 Å². The van der Waals surface area contributed by atoms with Gasteiger partial charge in [-0.3, -0.25) is 4.79 Å². The van der Waals surface area contributed by atoms with Crippen LogP contribution in [0.5, 0.6) is 0 Å². The van der Waals surface area contributed by atoms with E-state index in [1.54, 1.807) is 6.92 Å². The third kappa shape index (κ3) is 7.78. The van der Waals surface area contributed by atoms with Crippen LogP contribution in [-0.4, -0.2) is 24.2 Å². The highest BCUT2D eigenvalue weighted by Crippen LogP contribution is 2.01. The molecule has 0 saturated heterocycles. The van der Waals surface area contributed by atoms with Crippen molar-refractivity contribution in [2.45, 2.75) is 33.6 Å². The number of carbonyl (C=O) groups is 1. The Balaban J connectivity index is 3.21. The van der Waals surface area contributed by atoms with Crippen molar-refractivity contribution in [3.05, 3.63) is 0 Å². The van der Waals surface area contributed by atoms with Gasteiger partial charge in [0, 0.05) is 6.54 Å². The largest absolute Gasteiger partial charge is 0.481 e. The summed E-state index contributed by atoms with van der Waals surface area (Å²) in [6, 6.07) is 0. The summed E-state index contributed by atoms with van der Waals surface area (Å²) in [5.74, 6) is -0.269. The lowest BCUT2D eigenvalue weighted by molar-refractivity contribution is -0.140. The maximum absolute atomic E-state index is 10.4. The summed E-state index contributed by atoms with van der Waals surface area (Å²) in [5.41, 5.74) is 0. The van der Waals surface area contributed by atoms with Crippen LogP contribution in [0.3, 0.4) is 0 Å². The lowest BCUT2D eigenvalue weighted by atomic mass is 10.1. The summed E-state index contributed by atoms with van der Waals surface area (Å²) < 4.78 is 0. The van der Waals surface area contributed by atoms with Crippen LogP contribution in [0.1, 0.15) is 33.6 Å². The standard InChI is InChI=1S/C10H21NO2/c1-8(2)5-4-6-11-7-9(3)10(12)13/h8-9,11H,4-7H2,1-3H3,(H,12,13). The van der Waals surface area contributed by atoms with E-state index in [2.05, 4.69) is 19.2 Å². The van der Waals surface area contributed by atoms with Gasteiger partial charge in [-0.2, -0.15) is 0 Å². The Kier molecular flexibility index (Phi) is 6.59. The first kappa shape index (κ1) is 12.4. The van der Waals surface area contributed by atoms with E-state index < -0.39 is 5.97 Å². The van der Waals surface area contributed by atoms with Crippen LogP contribution in [0.4, 0.5) is 0 Å². The van der Waals surface area contributed by atoms with Gasteiger partial charge in [-0.15, -0.1) is 0 Å². The smallest absolute Gasteiger partial charge is 0.307 e. The third-order valence-corrected chi connectivity index (χ3v) is 2.01. The Morgan fingerprint density at radius 3 is 2.46 bits per heavy atom. The topological polar surface area (TPSA) is 49.3 Å². The van der Waals surface area contributed by atoms with E-state index in [1.165, 1.54) is 6.42 Å². The zero-order chi connectivity index (χ0) is 10.3. The third-order valence-electron chi connectivity index (χ3n) is 2.01. The average molecular weight is 187 g/mol. The Morgan fingerprint density at radius 1 is 1.38 bits per heavy atom. The van der Waals surface area contributed by atoms with Crippen molar-refractivity contribution < 1.29 is 9.90 Å². The van der Waals surface area contributed by atoms with Crippen LogP contribution >= 0.6 is 0 Å². The van der Waals surface area contributed by atoms with Gasteiger partial charge < -0.3 is 10.4 Å². The molecule has 0 radical (unpaired) electrons. The molecule has 0 amide bonds. The first-order valence-corrected chi connectivity index (χ1v) is 4.97. The molecule has 0 aliphatic carbocycles. The molecule has 2 N–H and O–H groups in total. The molecule has 0 aliphatic heterocycles. The van der Waals surface area contributed by atoms with Gasteiger partial charge in [0.15, 0.2) is 0 Å². The Morgan fingerprint density at radius 2 is 2.00 bits per heavy atom. The molecule has 0 bridgehead atoms. The van der Waals surface area contributed by atoms with Crippen molar-refractivity contribution in [1.82, 2.24) is 5.32 Å². The second-order valence-electron chi connectivity index (χ2n) is 3.98. The summed E-state index contributed by atoms with van der Waals surface area (Å²) >= 11 is 0. The highest BCUT2D eigenvalue weighted by molar-refractivity contribution is 5.69. The molecule has 3 nitrogen and oxygen atoms in total. The minimum absolute atomic E-state index is 0.279. The summed E-state index contributed by atoms with van der Waals surface area (Å²) in [5, 5.41) is 11.7. The first-order chi connectivity index (χ1) is 6.04. The number of hydrogen-bond donors (Lipinski definition) is 2. The molecular weight excluding hydrogens is 166 g/mol. The van der Waals surface area contributed by atoms with Crippen molar-refractivity contribution in [3.8, 4) is 0 Å². The number of rotatable bonds is 7. The van der Waals surface area contributed by atoms with Gasteiger partial charge in [0.05, 0.1) is 5.92 Å². The summed E-state index contributed by atoms with van der Waals surface area (Å²) in [4.78, 5) is 10.4. The van der Waals surface area contributed by atoms with Crippen molar-refractivity contribution >= 4 is 5.97 Å². The lowest BCUT2D eigenvalue weighted by Crippen LogP contribution is -2.27. The molecule has 0 aromatic heterocycles. The van der Waals surface area contributed by atoms with E-state index in [1.807, 2.05) is 0 Å². The van der Waals surface area contributed by atoms with Crippen LogP contribution in [0.15, 0.2) is 0 Å². The fourth-order valence-corrected chi connectivity index (χ4v) is 1.04. The molecule has 0 rings (SSSR count). The fourth-order valence-electron chi connectivity index (χ4n) is 1.04. The van der Waals surface area contributed by atoms with Gasteiger partial charge in [0.1, 0.15) is 0 Å².